The van der Waals surface area contributed by atoms with E-state index in [2.05, 4.69) is 48.6 Å². The van der Waals surface area contributed by atoms with Gasteiger partial charge in [-0.3, -0.25) is 0 Å². The first kappa shape index (κ1) is 6.01. The molecule has 0 nitrogen and oxygen atoms in total. The molecule has 0 atom stereocenters. The maximum atomic E-state index is 2.22. The Bertz CT molecular complexity index is 431. The summed E-state index contributed by atoms with van der Waals surface area (Å²) in [7, 11) is 0. The van der Waals surface area contributed by atoms with Crippen LogP contribution < -0.4 is 0 Å². The van der Waals surface area contributed by atoms with Gasteiger partial charge in [0.05, 0.1) is 0 Å². The lowest BCUT2D eigenvalue weighted by Crippen LogP contribution is -1.98. The first-order valence-electron chi connectivity index (χ1n) is 4.15. The zero-order valence-corrected chi connectivity index (χ0v) is 6.62. The maximum Gasteiger partial charge on any atom is -0.00384 e. The number of hydrogen-bond donors (Lipinski definition) is 0. The first-order valence-corrected chi connectivity index (χ1v) is 4.15. The van der Waals surface area contributed by atoms with Gasteiger partial charge in [-0.05, 0) is 28.3 Å². The lowest BCUT2D eigenvalue weighted by Gasteiger charge is -2.18. The average Bonchev–Trinajstić information content (AvgIpc) is 2.22. The summed E-state index contributed by atoms with van der Waals surface area (Å²) in [4.78, 5) is 0. The van der Waals surface area contributed by atoms with Gasteiger partial charge in [-0.1, -0.05) is 42.5 Å². The highest BCUT2D eigenvalue weighted by Crippen LogP contribution is 2.37. The van der Waals surface area contributed by atoms with E-state index in [9.17, 15) is 0 Å². The van der Waals surface area contributed by atoms with Gasteiger partial charge in [0.25, 0.3) is 0 Å². The van der Waals surface area contributed by atoms with Crippen molar-refractivity contribution in [2.75, 3.05) is 0 Å². The molecular formula is C12H8. The van der Waals surface area contributed by atoms with E-state index in [1.54, 1.807) is 0 Å². The lowest BCUT2D eigenvalue weighted by molar-refractivity contribution is 1.51. The van der Waals surface area contributed by atoms with Gasteiger partial charge in [0.1, 0.15) is 0 Å². The molecule has 2 aliphatic carbocycles. The van der Waals surface area contributed by atoms with Gasteiger partial charge < -0.3 is 0 Å². The molecule has 0 N–H and O–H groups in total. The van der Waals surface area contributed by atoms with Gasteiger partial charge >= 0.3 is 0 Å². The molecular weight excluding hydrogens is 144 g/mol. The quantitative estimate of drug-likeness (QED) is 0.535. The van der Waals surface area contributed by atoms with Crippen LogP contribution in [0.5, 0.6) is 0 Å². The Hall–Kier alpha value is -1.56. The second-order valence-corrected chi connectivity index (χ2v) is 3.13. The fourth-order valence-electron chi connectivity index (χ4n) is 1.79. The summed E-state index contributed by atoms with van der Waals surface area (Å²) in [5.74, 6) is 0. The Kier molecular flexibility index (Phi) is 0.991. The first-order chi connectivity index (χ1) is 5.95. The van der Waals surface area contributed by atoms with Crippen molar-refractivity contribution in [3.63, 3.8) is 0 Å². The van der Waals surface area contributed by atoms with Gasteiger partial charge in [0.2, 0.25) is 0 Å². The smallest absolute Gasteiger partial charge is 0.00384 e. The molecule has 0 fully saturated rings. The average molecular weight is 152 g/mol. The summed E-state index contributed by atoms with van der Waals surface area (Å²) >= 11 is 0. The highest BCUT2D eigenvalue weighted by atomic mass is 14.2. The molecule has 0 heteroatoms. The van der Waals surface area contributed by atoms with Crippen molar-refractivity contribution in [1.82, 2.24) is 0 Å². The Morgan fingerprint density at radius 1 is 0.833 bits per heavy atom. The highest BCUT2D eigenvalue weighted by molar-refractivity contribution is 6.03. The van der Waals surface area contributed by atoms with Crippen LogP contribution in [0.3, 0.4) is 0 Å². The van der Waals surface area contributed by atoms with Crippen molar-refractivity contribution in [3.8, 4) is 0 Å². The number of rotatable bonds is 0. The second kappa shape index (κ2) is 1.98. The summed E-state index contributed by atoms with van der Waals surface area (Å²) in [6.45, 7) is 0. The van der Waals surface area contributed by atoms with Gasteiger partial charge in [-0.25, -0.2) is 0 Å². The zero-order chi connectivity index (χ0) is 7.97. The van der Waals surface area contributed by atoms with Crippen LogP contribution in [0.25, 0.3) is 17.7 Å². The van der Waals surface area contributed by atoms with Crippen LogP contribution in [0.4, 0.5) is 0 Å². The third-order valence-electron chi connectivity index (χ3n) is 2.39. The Morgan fingerprint density at radius 2 is 1.67 bits per heavy atom. The summed E-state index contributed by atoms with van der Waals surface area (Å²) < 4.78 is 0. The minimum absolute atomic E-state index is 1.34. The van der Waals surface area contributed by atoms with Crippen molar-refractivity contribution in [1.29, 1.82) is 0 Å². The molecule has 0 bridgehead atoms. The van der Waals surface area contributed by atoms with Crippen LogP contribution >= 0.6 is 0 Å². The molecule has 0 radical (unpaired) electrons. The SMILES string of the molecule is C1=CC2=Cc3cccc(c32)C=C1. The van der Waals surface area contributed by atoms with E-state index in [1.807, 2.05) is 0 Å². The molecule has 3 rings (SSSR count). The van der Waals surface area contributed by atoms with Gasteiger partial charge in [-0.15, -0.1) is 0 Å². The predicted octanol–water partition coefficient (Wildman–Crippen LogP) is 3.12. The normalized spacial score (nSPS) is 16.2. The van der Waals surface area contributed by atoms with E-state index < -0.39 is 0 Å². The Morgan fingerprint density at radius 3 is 2.67 bits per heavy atom. The molecule has 0 spiro atoms. The van der Waals surface area contributed by atoms with Crippen LogP contribution in [-0.4, -0.2) is 0 Å². The summed E-state index contributed by atoms with van der Waals surface area (Å²) in [5, 5.41) is 0. The number of allylic oxidation sites excluding steroid dienone is 4. The van der Waals surface area contributed by atoms with E-state index in [0.29, 0.717) is 0 Å². The summed E-state index contributed by atoms with van der Waals surface area (Å²) in [5.41, 5.74) is 5.50. The maximum absolute atomic E-state index is 2.22. The zero-order valence-electron chi connectivity index (χ0n) is 6.62. The van der Waals surface area contributed by atoms with Crippen LogP contribution in [0.1, 0.15) is 16.7 Å². The molecule has 2 aliphatic rings. The molecule has 1 aromatic rings. The minimum atomic E-state index is 1.34. The largest absolute Gasteiger partial charge is 0.0616 e. The van der Waals surface area contributed by atoms with Crippen LogP contribution in [0.15, 0.2) is 36.4 Å². The number of benzene rings is 1. The van der Waals surface area contributed by atoms with Crippen LogP contribution in [0.2, 0.25) is 0 Å². The third-order valence-corrected chi connectivity index (χ3v) is 2.39. The molecule has 0 heterocycles. The molecule has 0 unspecified atom stereocenters. The minimum Gasteiger partial charge on any atom is -0.0616 e. The number of hydrogen-bond acceptors (Lipinski definition) is 0. The van der Waals surface area contributed by atoms with E-state index in [0.717, 1.165) is 0 Å². The van der Waals surface area contributed by atoms with E-state index in [1.165, 1.54) is 22.3 Å². The molecule has 0 amide bonds. The topological polar surface area (TPSA) is 0 Å². The van der Waals surface area contributed by atoms with E-state index >= 15 is 0 Å². The fraction of sp³-hybridized carbons (Fsp3) is 0. The Balaban J connectivity index is 2.36. The predicted molar refractivity (Wildman–Crippen MR) is 52.5 cm³/mol. The van der Waals surface area contributed by atoms with Crippen molar-refractivity contribution in [2.45, 2.75) is 0 Å². The Labute approximate surface area is 71.5 Å². The van der Waals surface area contributed by atoms with E-state index in [4.69, 9.17) is 0 Å². The molecule has 12 heavy (non-hydrogen) atoms. The summed E-state index contributed by atoms with van der Waals surface area (Å²) in [6, 6.07) is 6.43. The monoisotopic (exact) mass is 152 g/mol. The molecule has 0 aromatic heterocycles. The standard InChI is InChI=1S/C12H8/c1-2-5-10-8-11-7-3-6-9(4-1)12(10)11/h1-8H. The van der Waals surface area contributed by atoms with Gasteiger partial charge in [-0.2, -0.15) is 0 Å². The van der Waals surface area contributed by atoms with Crippen molar-refractivity contribution < 1.29 is 0 Å². The van der Waals surface area contributed by atoms with Gasteiger partial charge in [0.15, 0.2) is 0 Å². The van der Waals surface area contributed by atoms with Gasteiger partial charge in [0, 0.05) is 0 Å². The fourth-order valence-corrected chi connectivity index (χ4v) is 1.79. The van der Waals surface area contributed by atoms with Crippen molar-refractivity contribution in [3.05, 3.63) is 53.1 Å². The highest BCUT2D eigenvalue weighted by Gasteiger charge is 2.16. The van der Waals surface area contributed by atoms with Crippen LogP contribution in [0, 0.1) is 0 Å². The molecule has 0 saturated carbocycles. The molecule has 1 aromatic carbocycles. The van der Waals surface area contributed by atoms with E-state index in [-0.39, 0.29) is 0 Å². The summed E-state index contributed by atoms with van der Waals surface area (Å²) in [6.07, 6.45) is 10.7. The van der Waals surface area contributed by atoms with Crippen molar-refractivity contribution >= 4 is 17.7 Å². The lowest BCUT2D eigenvalue weighted by atomic mass is 9.85. The van der Waals surface area contributed by atoms with Crippen LogP contribution in [-0.2, 0) is 0 Å². The molecule has 56 valence electrons. The molecule has 0 saturated heterocycles. The molecule has 0 aliphatic heterocycles. The van der Waals surface area contributed by atoms with Crippen molar-refractivity contribution in [2.24, 2.45) is 0 Å². The third kappa shape index (κ3) is 0.620. The second-order valence-electron chi connectivity index (χ2n) is 3.13.